The second-order valence-corrected chi connectivity index (χ2v) is 18.7. The summed E-state index contributed by atoms with van der Waals surface area (Å²) in [6.45, 7) is 7.79. The predicted octanol–water partition coefficient (Wildman–Crippen LogP) is 13.9. The maximum Gasteiger partial charge on any atom is 0.115 e. The standard InChI is InChI=1S/C57H45N3S/c1-35-53-45(40-20-7-11-24-47(40)56(53,2)3)33-46-41-29-28-37(57(36-16-5-4-6-17-36)48-25-12-8-18-38(48)39-19-9-13-26-49(39)57)32-51(41)60(54(35)46)34-59-50(30-31-58)44-23-15-22-43-42-21-10-14-27-52(42)61-55(43)44/h4-33,35,53H,34,58H2,1-3H3/b31-30-,59-50+. The van der Waals surface area contributed by atoms with Gasteiger partial charge in [-0.1, -0.05) is 172 Å². The van der Waals surface area contributed by atoms with E-state index >= 15 is 0 Å². The number of nitrogens with zero attached hydrogens (tertiary/aromatic N) is 2. The van der Waals surface area contributed by atoms with Crippen molar-refractivity contribution in [1.82, 2.24) is 4.57 Å². The number of fused-ring (bicyclic) bond motifs is 12. The molecule has 0 bridgehead atoms. The molecule has 0 radical (unpaired) electrons. The number of allylic oxidation sites excluding steroid dienone is 2. The highest BCUT2D eigenvalue weighted by atomic mass is 32.1. The van der Waals surface area contributed by atoms with Crippen molar-refractivity contribution in [2.45, 2.75) is 44.2 Å². The molecular formula is C57H45N3S. The van der Waals surface area contributed by atoms with Crippen LogP contribution >= 0.6 is 11.3 Å². The molecule has 2 unspecified atom stereocenters. The number of benzene rings is 7. The van der Waals surface area contributed by atoms with E-state index in [9.17, 15) is 0 Å². The van der Waals surface area contributed by atoms with Crippen LogP contribution in [-0.4, -0.2) is 10.3 Å². The van der Waals surface area contributed by atoms with Crippen molar-refractivity contribution in [2.75, 3.05) is 0 Å². The monoisotopic (exact) mass is 803 g/mol. The number of hydrogen-bond acceptors (Lipinski definition) is 3. The fourth-order valence-electron chi connectivity index (χ4n) is 11.9. The smallest absolute Gasteiger partial charge is 0.115 e. The Hall–Kier alpha value is -6.75. The van der Waals surface area contributed by atoms with Crippen LogP contribution in [0.2, 0.25) is 0 Å². The first-order valence-corrected chi connectivity index (χ1v) is 22.3. The molecule has 3 nitrogen and oxygen atoms in total. The van der Waals surface area contributed by atoms with E-state index in [0.29, 0.717) is 12.6 Å². The molecule has 2 heterocycles. The van der Waals surface area contributed by atoms with Gasteiger partial charge in [0, 0.05) is 54.2 Å². The molecule has 0 amide bonds. The highest BCUT2D eigenvalue weighted by Gasteiger charge is 2.50. The van der Waals surface area contributed by atoms with Gasteiger partial charge < -0.3 is 10.3 Å². The summed E-state index contributed by atoms with van der Waals surface area (Å²) in [5.74, 6) is 0.558. The Balaban J connectivity index is 1.13. The Kier molecular flexibility index (Phi) is 7.92. The van der Waals surface area contributed by atoms with Crippen LogP contribution < -0.4 is 5.73 Å². The van der Waals surface area contributed by atoms with Crippen LogP contribution in [0.25, 0.3) is 53.9 Å². The fourth-order valence-corrected chi connectivity index (χ4v) is 13.2. The summed E-state index contributed by atoms with van der Waals surface area (Å²) in [4.78, 5) is 5.57. The van der Waals surface area contributed by atoms with E-state index in [-0.39, 0.29) is 11.3 Å². The van der Waals surface area contributed by atoms with Crippen LogP contribution in [0.15, 0.2) is 181 Å². The zero-order valence-electron chi connectivity index (χ0n) is 34.6. The Bertz CT molecular complexity index is 3310. The van der Waals surface area contributed by atoms with E-state index in [0.717, 1.165) is 11.3 Å². The average Bonchev–Trinajstić information content (AvgIpc) is 4.00. The van der Waals surface area contributed by atoms with Crippen molar-refractivity contribution in [1.29, 1.82) is 0 Å². The second kappa shape index (κ2) is 13.4. The number of rotatable bonds is 6. The lowest BCUT2D eigenvalue weighted by Crippen LogP contribution is -2.30. The van der Waals surface area contributed by atoms with Crippen LogP contribution in [0.5, 0.6) is 0 Å². The van der Waals surface area contributed by atoms with Crippen LogP contribution in [0.3, 0.4) is 0 Å². The Morgan fingerprint density at radius 1 is 0.672 bits per heavy atom. The Labute approximate surface area is 360 Å². The molecule has 12 rings (SSSR count). The van der Waals surface area contributed by atoms with Gasteiger partial charge in [-0.25, -0.2) is 0 Å². The van der Waals surface area contributed by atoms with Crippen molar-refractivity contribution in [3.05, 3.63) is 226 Å². The third-order valence-corrected chi connectivity index (χ3v) is 15.6. The third-order valence-electron chi connectivity index (χ3n) is 14.3. The summed E-state index contributed by atoms with van der Waals surface area (Å²) in [6, 6.07) is 60.8. The molecule has 0 fully saturated rings. The molecule has 7 aromatic carbocycles. The SMILES string of the molecule is CC1c2c(c3ccc(C4(c5ccccc5)c5ccccc5-c5ccccc54)cc3n2C/N=C(\C=C/N)c2cccc3c2sc2ccccc23)C=C2c3ccccc3C(C)(C)C21. The van der Waals surface area contributed by atoms with Crippen LogP contribution in [0.1, 0.15) is 76.9 Å². The van der Waals surface area contributed by atoms with Crippen molar-refractivity contribution < 1.29 is 0 Å². The zero-order chi connectivity index (χ0) is 41.0. The minimum absolute atomic E-state index is 0.0336. The van der Waals surface area contributed by atoms with Gasteiger partial charge in [0.2, 0.25) is 0 Å². The van der Waals surface area contributed by atoms with Gasteiger partial charge in [-0.15, -0.1) is 11.3 Å². The van der Waals surface area contributed by atoms with Gasteiger partial charge >= 0.3 is 0 Å². The minimum atomic E-state index is -0.507. The van der Waals surface area contributed by atoms with Gasteiger partial charge in [0.1, 0.15) is 6.67 Å². The highest BCUT2D eigenvalue weighted by Crippen LogP contribution is 2.60. The van der Waals surface area contributed by atoms with E-state index in [1.165, 1.54) is 92.4 Å². The van der Waals surface area contributed by atoms with Crippen LogP contribution in [0, 0.1) is 5.92 Å². The largest absolute Gasteiger partial charge is 0.405 e. The van der Waals surface area contributed by atoms with Crippen LogP contribution in [0.4, 0.5) is 0 Å². The first kappa shape index (κ1) is 36.1. The van der Waals surface area contributed by atoms with Gasteiger partial charge in [0.15, 0.2) is 0 Å². The number of aliphatic imine (C=N–C) groups is 1. The van der Waals surface area contributed by atoms with E-state index in [1.807, 2.05) is 17.4 Å². The predicted molar refractivity (Wildman–Crippen MR) is 258 cm³/mol. The van der Waals surface area contributed by atoms with Crippen molar-refractivity contribution in [2.24, 2.45) is 16.6 Å². The van der Waals surface area contributed by atoms with Crippen molar-refractivity contribution in [3.63, 3.8) is 0 Å². The average molecular weight is 804 g/mol. The molecule has 3 aliphatic rings. The van der Waals surface area contributed by atoms with E-state index in [2.05, 4.69) is 195 Å². The second-order valence-electron chi connectivity index (χ2n) is 17.6. The molecule has 61 heavy (non-hydrogen) atoms. The molecule has 0 aliphatic heterocycles. The highest BCUT2D eigenvalue weighted by molar-refractivity contribution is 7.26. The summed E-state index contributed by atoms with van der Waals surface area (Å²) < 4.78 is 5.06. The normalized spacial score (nSPS) is 18.3. The Morgan fingerprint density at radius 3 is 2.08 bits per heavy atom. The van der Waals surface area contributed by atoms with Crippen molar-refractivity contribution >= 4 is 59.8 Å². The topological polar surface area (TPSA) is 43.3 Å². The van der Waals surface area contributed by atoms with Gasteiger partial charge in [0.25, 0.3) is 0 Å². The molecule has 2 N–H and O–H groups in total. The van der Waals surface area contributed by atoms with Gasteiger partial charge in [-0.2, -0.15) is 0 Å². The molecule has 4 heteroatoms. The number of nitrogens with two attached hydrogens (primary N) is 1. The molecule has 0 saturated heterocycles. The first-order chi connectivity index (χ1) is 29.9. The number of thiophene rings is 1. The summed E-state index contributed by atoms with van der Waals surface area (Å²) in [7, 11) is 0. The lowest BCUT2D eigenvalue weighted by atomic mass is 9.67. The fraction of sp³-hybridized carbons (Fsp3) is 0.140. The molecule has 0 spiro atoms. The molecule has 294 valence electrons. The zero-order valence-corrected chi connectivity index (χ0v) is 35.4. The van der Waals surface area contributed by atoms with Gasteiger partial charge in [-0.05, 0) is 86.0 Å². The van der Waals surface area contributed by atoms with Crippen LogP contribution in [-0.2, 0) is 17.5 Å². The molecule has 0 saturated carbocycles. The lowest BCUT2D eigenvalue weighted by molar-refractivity contribution is 0.355. The number of hydrogen-bond donors (Lipinski definition) is 1. The Morgan fingerprint density at radius 2 is 1.33 bits per heavy atom. The molecule has 9 aromatic rings. The quantitative estimate of drug-likeness (QED) is 0.167. The third kappa shape index (κ3) is 4.94. The van der Waals surface area contributed by atoms with Gasteiger partial charge in [-0.3, -0.25) is 4.99 Å². The van der Waals surface area contributed by atoms with Crippen molar-refractivity contribution in [3.8, 4) is 11.1 Å². The lowest BCUT2D eigenvalue weighted by Gasteiger charge is -2.37. The first-order valence-electron chi connectivity index (χ1n) is 21.5. The van der Waals surface area contributed by atoms with E-state index in [4.69, 9.17) is 10.7 Å². The molecule has 3 aliphatic carbocycles. The van der Waals surface area contributed by atoms with Gasteiger partial charge in [0.05, 0.1) is 16.6 Å². The maximum atomic E-state index is 6.25. The maximum absolute atomic E-state index is 6.25. The molecular weight excluding hydrogens is 759 g/mol. The van der Waals surface area contributed by atoms with E-state index in [1.54, 1.807) is 6.20 Å². The summed E-state index contributed by atoms with van der Waals surface area (Å²) in [5, 5.41) is 3.79. The summed E-state index contributed by atoms with van der Waals surface area (Å²) in [5.41, 5.74) is 23.6. The summed E-state index contributed by atoms with van der Waals surface area (Å²) in [6.07, 6.45) is 6.15. The molecule has 2 atom stereocenters. The summed E-state index contributed by atoms with van der Waals surface area (Å²) >= 11 is 1.83. The minimum Gasteiger partial charge on any atom is -0.405 e. The van der Waals surface area contributed by atoms with E-state index < -0.39 is 5.41 Å². The number of aromatic nitrogens is 1. The molecule has 2 aromatic heterocycles.